The number of terminal acetylenes is 1. The fraction of sp³-hybridized carbons (Fsp3) is 0.462. The van der Waals surface area contributed by atoms with Crippen molar-refractivity contribution in [1.82, 2.24) is 4.90 Å². The number of rotatable bonds is 4. The first-order valence-corrected chi connectivity index (χ1v) is 10.9. The molecule has 3 unspecified atom stereocenters. The molecule has 5 heteroatoms. The zero-order valence-corrected chi connectivity index (χ0v) is 18.5. The van der Waals surface area contributed by atoms with Gasteiger partial charge in [-0.2, -0.15) is 4.39 Å². The van der Waals surface area contributed by atoms with Gasteiger partial charge in [-0.15, -0.1) is 6.42 Å². The number of benzene rings is 1. The Bertz CT molecular complexity index is 1080. The van der Waals surface area contributed by atoms with Crippen molar-refractivity contribution in [2.45, 2.75) is 43.8 Å². The summed E-state index contributed by atoms with van der Waals surface area (Å²) >= 11 is 0. The molecule has 2 aliphatic rings. The molecule has 2 aromatic rings. The highest BCUT2D eigenvalue weighted by molar-refractivity contribution is 5.82. The summed E-state index contributed by atoms with van der Waals surface area (Å²) in [4.78, 5) is 2.05. The summed E-state index contributed by atoms with van der Waals surface area (Å²) in [5.41, 5.74) is 0.805. The second-order valence-electron chi connectivity index (χ2n) is 8.97. The molecule has 164 valence electrons. The van der Waals surface area contributed by atoms with Gasteiger partial charge in [0.2, 0.25) is 0 Å². The van der Waals surface area contributed by atoms with Gasteiger partial charge in [0.25, 0.3) is 0 Å². The molecule has 31 heavy (non-hydrogen) atoms. The van der Waals surface area contributed by atoms with E-state index < -0.39 is 17.0 Å². The van der Waals surface area contributed by atoms with Crippen molar-refractivity contribution in [3.05, 3.63) is 59.1 Å². The van der Waals surface area contributed by atoms with Crippen LogP contribution in [0.3, 0.4) is 0 Å². The van der Waals surface area contributed by atoms with Crippen LogP contribution in [-0.2, 0) is 16.8 Å². The SMILES string of the molecule is C#C/C(F)=C\C(=C/C)C1(O)CCC2(CC1CN(C)C)OCCc1c2oc2ccccc12. The van der Waals surface area contributed by atoms with Gasteiger partial charge in [-0.25, -0.2) is 0 Å². The lowest BCUT2D eigenvalue weighted by atomic mass is 9.64. The van der Waals surface area contributed by atoms with E-state index in [1.165, 1.54) is 11.6 Å². The number of nitrogens with zero attached hydrogens (tertiary/aromatic N) is 1. The molecule has 2 heterocycles. The number of hydrogen-bond donors (Lipinski definition) is 1. The normalized spacial score (nSPS) is 29.4. The molecule has 1 aliphatic heterocycles. The van der Waals surface area contributed by atoms with Gasteiger partial charge >= 0.3 is 0 Å². The fourth-order valence-electron chi connectivity index (χ4n) is 5.40. The van der Waals surface area contributed by atoms with Crippen LogP contribution in [0.2, 0.25) is 0 Å². The molecule has 4 rings (SSSR count). The topological polar surface area (TPSA) is 45.8 Å². The van der Waals surface area contributed by atoms with Crippen molar-refractivity contribution in [2.24, 2.45) is 5.92 Å². The molecule has 1 spiro atoms. The van der Waals surface area contributed by atoms with Gasteiger partial charge in [0, 0.05) is 23.4 Å². The molecule has 0 saturated heterocycles. The number of para-hydroxylation sites is 1. The van der Waals surface area contributed by atoms with Crippen molar-refractivity contribution in [2.75, 3.05) is 27.2 Å². The van der Waals surface area contributed by atoms with E-state index in [-0.39, 0.29) is 5.92 Å². The van der Waals surface area contributed by atoms with Gasteiger partial charge < -0.3 is 19.2 Å². The highest BCUT2D eigenvalue weighted by atomic mass is 19.1. The second-order valence-corrected chi connectivity index (χ2v) is 8.97. The van der Waals surface area contributed by atoms with Crippen molar-refractivity contribution in [3.63, 3.8) is 0 Å². The molecule has 0 amide bonds. The van der Waals surface area contributed by atoms with E-state index in [1.54, 1.807) is 13.0 Å². The smallest absolute Gasteiger partial charge is 0.173 e. The Morgan fingerprint density at radius 1 is 1.35 bits per heavy atom. The van der Waals surface area contributed by atoms with Crippen LogP contribution in [0.1, 0.15) is 37.5 Å². The lowest BCUT2D eigenvalue weighted by Gasteiger charge is -2.50. The molecule has 3 atom stereocenters. The predicted molar refractivity (Wildman–Crippen MR) is 120 cm³/mol. The molecule has 1 saturated carbocycles. The van der Waals surface area contributed by atoms with Gasteiger partial charge in [0.15, 0.2) is 5.83 Å². The number of hydrogen-bond acceptors (Lipinski definition) is 4. The fourth-order valence-corrected chi connectivity index (χ4v) is 5.40. The minimum Gasteiger partial charge on any atom is -0.458 e. The van der Waals surface area contributed by atoms with Gasteiger partial charge in [0.05, 0.1) is 12.2 Å². The number of aliphatic hydroxyl groups is 1. The number of allylic oxidation sites excluding steroid dienone is 2. The van der Waals surface area contributed by atoms with E-state index in [1.807, 2.05) is 43.1 Å². The Balaban J connectivity index is 1.77. The molecular weight excluding hydrogens is 393 g/mol. The molecule has 1 aromatic heterocycles. The molecule has 4 nitrogen and oxygen atoms in total. The molecule has 1 N–H and O–H groups in total. The molecule has 1 aromatic carbocycles. The average Bonchev–Trinajstić information content (AvgIpc) is 3.14. The lowest BCUT2D eigenvalue weighted by molar-refractivity contribution is -0.156. The van der Waals surface area contributed by atoms with Gasteiger partial charge in [-0.1, -0.05) is 24.3 Å². The average molecular weight is 424 g/mol. The van der Waals surface area contributed by atoms with E-state index in [2.05, 4.69) is 6.07 Å². The summed E-state index contributed by atoms with van der Waals surface area (Å²) < 4.78 is 26.7. The first kappa shape index (κ1) is 21.8. The maximum atomic E-state index is 14.0. The summed E-state index contributed by atoms with van der Waals surface area (Å²) in [6, 6.07) is 8.09. The maximum absolute atomic E-state index is 14.0. The van der Waals surface area contributed by atoms with Crippen LogP contribution in [0.25, 0.3) is 11.0 Å². The monoisotopic (exact) mass is 423 g/mol. The Kier molecular flexibility index (Phi) is 5.83. The van der Waals surface area contributed by atoms with Crippen LogP contribution < -0.4 is 0 Å². The predicted octanol–water partition coefficient (Wildman–Crippen LogP) is 4.73. The van der Waals surface area contributed by atoms with Crippen molar-refractivity contribution in [3.8, 4) is 12.3 Å². The molecule has 1 fully saturated rings. The van der Waals surface area contributed by atoms with Crippen LogP contribution in [-0.4, -0.2) is 42.9 Å². The standard InChI is InChI=1S/C26H30FNO3/c1-5-18(15-20(27)6-2)26(29)13-12-25(16-19(26)17-28(3)4)24-22(11-14-30-25)21-9-7-8-10-23(21)31-24/h2,5,7-10,15,19,29H,11-14,16-17H2,1,3-4H3/b18-5+,20-15+. The van der Waals surface area contributed by atoms with Crippen molar-refractivity contribution in [1.29, 1.82) is 0 Å². The highest BCUT2D eigenvalue weighted by Gasteiger charge is 2.54. The first-order chi connectivity index (χ1) is 14.8. The van der Waals surface area contributed by atoms with E-state index in [4.69, 9.17) is 15.6 Å². The highest BCUT2D eigenvalue weighted by Crippen LogP contribution is 2.53. The third-order valence-electron chi connectivity index (χ3n) is 6.82. The van der Waals surface area contributed by atoms with Crippen LogP contribution in [0.15, 0.2) is 52.2 Å². The van der Waals surface area contributed by atoms with Crippen molar-refractivity contribution >= 4 is 11.0 Å². The zero-order chi connectivity index (χ0) is 22.2. The quantitative estimate of drug-likeness (QED) is 0.571. The van der Waals surface area contributed by atoms with Crippen LogP contribution in [0.5, 0.6) is 0 Å². The summed E-state index contributed by atoms with van der Waals surface area (Å²) in [5.74, 6) is 2.03. The summed E-state index contributed by atoms with van der Waals surface area (Å²) in [6.07, 6.45) is 10.7. The zero-order valence-electron chi connectivity index (χ0n) is 18.5. The number of halogens is 1. The van der Waals surface area contributed by atoms with Gasteiger partial charge in [-0.3, -0.25) is 0 Å². The van der Waals surface area contributed by atoms with Crippen LogP contribution >= 0.6 is 0 Å². The Labute approximate surface area is 183 Å². The summed E-state index contributed by atoms with van der Waals surface area (Å²) in [7, 11) is 3.95. The van der Waals surface area contributed by atoms with Crippen LogP contribution in [0, 0.1) is 18.3 Å². The third-order valence-corrected chi connectivity index (χ3v) is 6.82. The number of fused-ring (bicyclic) bond motifs is 4. The maximum Gasteiger partial charge on any atom is 0.173 e. The van der Waals surface area contributed by atoms with Gasteiger partial charge in [-0.05, 0) is 70.3 Å². The van der Waals surface area contributed by atoms with Gasteiger partial charge in [0.1, 0.15) is 16.9 Å². The number of furan rings is 1. The molecular formula is C26H30FNO3. The molecule has 0 bridgehead atoms. The Morgan fingerprint density at radius 2 is 2.13 bits per heavy atom. The third kappa shape index (κ3) is 3.74. The lowest BCUT2D eigenvalue weighted by Crippen LogP contribution is -2.54. The minimum atomic E-state index is -1.20. The Hall–Kier alpha value is -2.39. The van der Waals surface area contributed by atoms with E-state index in [0.717, 1.165) is 23.2 Å². The van der Waals surface area contributed by atoms with E-state index in [0.29, 0.717) is 38.0 Å². The van der Waals surface area contributed by atoms with E-state index >= 15 is 0 Å². The number of ether oxygens (including phenoxy) is 1. The van der Waals surface area contributed by atoms with E-state index in [9.17, 15) is 9.50 Å². The Morgan fingerprint density at radius 3 is 2.84 bits per heavy atom. The minimum absolute atomic E-state index is 0.191. The molecule has 0 radical (unpaired) electrons. The first-order valence-electron chi connectivity index (χ1n) is 10.9. The van der Waals surface area contributed by atoms with Crippen LogP contribution in [0.4, 0.5) is 4.39 Å². The summed E-state index contributed by atoms with van der Waals surface area (Å²) in [5, 5.41) is 13.0. The largest absolute Gasteiger partial charge is 0.458 e. The molecule has 1 aliphatic carbocycles. The summed E-state index contributed by atoms with van der Waals surface area (Å²) in [6.45, 7) is 3.05. The van der Waals surface area contributed by atoms with Crippen molar-refractivity contribution < 1.29 is 18.7 Å². The second kappa shape index (κ2) is 8.27.